The number of nitrogens with one attached hydrogen (secondary N) is 1. The van der Waals surface area contributed by atoms with Crippen LogP contribution in [0, 0.1) is 6.92 Å². The number of nitrogens with zero attached hydrogens (tertiary/aromatic N) is 1. The van der Waals surface area contributed by atoms with Crippen molar-refractivity contribution >= 4 is 11.6 Å². The molecule has 0 spiro atoms. The lowest BCUT2D eigenvalue weighted by atomic mass is 10.1. The van der Waals surface area contributed by atoms with E-state index in [2.05, 4.69) is 5.32 Å². The van der Waals surface area contributed by atoms with Gasteiger partial charge in [0.25, 0.3) is 5.91 Å². The highest BCUT2D eigenvalue weighted by molar-refractivity contribution is 5.99. The number of anilines is 1. The molecule has 0 aliphatic carbocycles. The fourth-order valence-electron chi connectivity index (χ4n) is 1.60. The molecule has 3 nitrogen and oxygen atoms in total. The highest BCUT2D eigenvalue weighted by Crippen LogP contribution is 2.21. The summed E-state index contributed by atoms with van der Waals surface area (Å²) < 4.78 is 36.7. The maximum atomic E-state index is 12.2. The molecular formula is C12H15F3N2O. The van der Waals surface area contributed by atoms with E-state index in [0.29, 0.717) is 10.6 Å². The summed E-state index contributed by atoms with van der Waals surface area (Å²) in [5, 5.41) is 2.79. The Kier molecular flexibility index (Phi) is 4.21. The molecule has 0 aliphatic rings. The Labute approximate surface area is 104 Å². The summed E-state index contributed by atoms with van der Waals surface area (Å²) in [6.07, 6.45) is -4.39. The zero-order chi connectivity index (χ0) is 13.9. The van der Waals surface area contributed by atoms with Gasteiger partial charge in [0.2, 0.25) is 0 Å². The van der Waals surface area contributed by atoms with Gasteiger partial charge in [-0.15, -0.1) is 0 Å². The van der Waals surface area contributed by atoms with E-state index in [0.717, 1.165) is 12.6 Å². The van der Waals surface area contributed by atoms with E-state index in [1.165, 1.54) is 0 Å². The molecule has 0 radical (unpaired) electrons. The van der Waals surface area contributed by atoms with Gasteiger partial charge in [-0.1, -0.05) is 11.6 Å². The average molecular weight is 260 g/mol. The van der Waals surface area contributed by atoms with Crippen molar-refractivity contribution in [2.45, 2.75) is 13.1 Å². The number of hydrogen-bond donors (Lipinski definition) is 1. The van der Waals surface area contributed by atoms with E-state index >= 15 is 0 Å². The van der Waals surface area contributed by atoms with Gasteiger partial charge in [0.05, 0.1) is 5.56 Å². The Hall–Kier alpha value is -1.72. The highest BCUT2D eigenvalue weighted by Gasteiger charge is 2.32. The summed E-state index contributed by atoms with van der Waals surface area (Å²) >= 11 is 0. The monoisotopic (exact) mass is 260 g/mol. The smallest absolute Gasteiger partial charge is 0.387 e. The van der Waals surface area contributed by atoms with Crippen molar-refractivity contribution in [2.75, 3.05) is 26.0 Å². The van der Waals surface area contributed by atoms with Crippen LogP contribution >= 0.6 is 0 Å². The number of benzene rings is 1. The van der Waals surface area contributed by atoms with E-state index in [9.17, 15) is 18.0 Å². The Morgan fingerprint density at radius 3 is 2.50 bits per heavy atom. The molecule has 1 aromatic rings. The van der Waals surface area contributed by atoms with Crippen LogP contribution in [0.3, 0.4) is 0 Å². The second-order valence-electron chi connectivity index (χ2n) is 4.08. The number of amides is 1. The second kappa shape index (κ2) is 5.29. The van der Waals surface area contributed by atoms with Gasteiger partial charge >= 0.3 is 6.18 Å². The second-order valence-corrected chi connectivity index (χ2v) is 4.08. The quantitative estimate of drug-likeness (QED) is 0.906. The van der Waals surface area contributed by atoms with Gasteiger partial charge in [-0.25, -0.2) is 0 Å². The van der Waals surface area contributed by atoms with Crippen LogP contribution in [0.5, 0.6) is 0 Å². The summed E-state index contributed by atoms with van der Waals surface area (Å²) in [7, 11) is 2.75. The van der Waals surface area contributed by atoms with E-state index in [-0.39, 0.29) is 5.56 Å². The van der Waals surface area contributed by atoms with E-state index in [1.807, 2.05) is 0 Å². The van der Waals surface area contributed by atoms with Gasteiger partial charge in [0, 0.05) is 19.8 Å². The molecule has 0 saturated carbocycles. The summed E-state index contributed by atoms with van der Waals surface area (Å²) in [5.41, 5.74) is 1.57. The molecule has 1 rings (SSSR count). The number of halogens is 3. The highest BCUT2D eigenvalue weighted by atomic mass is 19.4. The van der Waals surface area contributed by atoms with E-state index in [4.69, 9.17) is 0 Å². The summed E-state index contributed by atoms with van der Waals surface area (Å²) in [4.78, 5) is 12.6. The van der Waals surface area contributed by atoms with Crippen molar-refractivity contribution in [1.82, 2.24) is 4.90 Å². The maximum absolute atomic E-state index is 12.2. The summed E-state index contributed by atoms with van der Waals surface area (Å²) in [6.45, 7) is 0.517. The molecule has 1 amide bonds. The molecule has 18 heavy (non-hydrogen) atoms. The minimum atomic E-state index is -4.39. The van der Waals surface area contributed by atoms with Crippen LogP contribution < -0.4 is 5.32 Å². The molecular weight excluding hydrogens is 245 g/mol. The molecule has 0 atom stereocenters. The molecule has 0 bridgehead atoms. The summed E-state index contributed by atoms with van der Waals surface area (Å²) in [5.74, 6) is -0.652. The third-order valence-electron chi connectivity index (χ3n) is 2.44. The van der Waals surface area contributed by atoms with Gasteiger partial charge in [-0.2, -0.15) is 13.2 Å². The lowest BCUT2D eigenvalue weighted by molar-refractivity contribution is -0.138. The average Bonchev–Trinajstić information content (AvgIpc) is 2.25. The molecule has 6 heteroatoms. The Morgan fingerprint density at radius 2 is 2.00 bits per heavy atom. The van der Waals surface area contributed by atoms with Crippen LogP contribution in [0.15, 0.2) is 18.2 Å². The third kappa shape index (κ3) is 3.65. The minimum absolute atomic E-state index is 0.240. The lowest BCUT2D eigenvalue weighted by Crippen LogP contribution is -2.36. The van der Waals surface area contributed by atoms with Crippen molar-refractivity contribution < 1.29 is 18.0 Å². The van der Waals surface area contributed by atoms with Crippen LogP contribution in [0.2, 0.25) is 0 Å². The number of carbonyl (C=O) groups is 1. The van der Waals surface area contributed by atoms with Crippen molar-refractivity contribution in [1.29, 1.82) is 0 Å². The number of aryl methyl sites for hydroxylation is 1. The molecule has 1 aromatic carbocycles. The molecule has 0 aliphatic heterocycles. The van der Waals surface area contributed by atoms with Crippen LogP contribution in [0.4, 0.5) is 18.9 Å². The van der Waals surface area contributed by atoms with Gasteiger partial charge in [-0.3, -0.25) is 4.79 Å². The predicted molar refractivity (Wildman–Crippen MR) is 63.7 cm³/mol. The van der Waals surface area contributed by atoms with Crippen LogP contribution in [-0.4, -0.2) is 37.6 Å². The molecule has 0 unspecified atom stereocenters. The van der Waals surface area contributed by atoms with Crippen molar-refractivity contribution in [3.05, 3.63) is 29.3 Å². The first-order chi connectivity index (χ1) is 8.24. The van der Waals surface area contributed by atoms with Gasteiger partial charge in [0.15, 0.2) is 0 Å². The molecule has 100 valence electrons. The molecule has 0 aromatic heterocycles. The normalized spacial score (nSPS) is 11.2. The minimum Gasteiger partial charge on any atom is -0.387 e. The lowest BCUT2D eigenvalue weighted by Gasteiger charge is -2.20. The van der Waals surface area contributed by atoms with E-state index < -0.39 is 18.6 Å². The van der Waals surface area contributed by atoms with Crippen LogP contribution in [0.25, 0.3) is 0 Å². The fourth-order valence-corrected chi connectivity index (χ4v) is 1.60. The maximum Gasteiger partial charge on any atom is 0.406 e. The molecule has 0 saturated heterocycles. The fraction of sp³-hybridized carbons (Fsp3) is 0.417. The van der Waals surface area contributed by atoms with Crippen LogP contribution in [0.1, 0.15) is 15.9 Å². The number of rotatable bonds is 3. The van der Waals surface area contributed by atoms with E-state index in [1.54, 1.807) is 32.2 Å². The third-order valence-corrected chi connectivity index (χ3v) is 2.44. The van der Waals surface area contributed by atoms with Gasteiger partial charge in [0.1, 0.15) is 6.54 Å². The number of carbonyl (C=O) groups excluding carboxylic acids is 1. The predicted octanol–water partition coefficient (Wildman–Crippen LogP) is 2.67. The largest absolute Gasteiger partial charge is 0.406 e. The van der Waals surface area contributed by atoms with Crippen LogP contribution in [-0.2, 0) is 0 Å². The van der Waals surface area contributed by atoms with Gasteiger partial charge in [-0.05, 0) is 19.1 Å². The molecule has 0 fully saturated rings. The zero-order valence-corrected chi connectivity index (χ0v) is 10.4. The standard InChI is InChI=1S/C12H15F3N2O/c1-8-4-5-10(16-2)9(6-8)11(18)17(3)7-12(13,14)15/h4-6,16H,7H2,1-3H3. The number of alkyl halides is 3. The SMILES string of the molecule is CNc1ccc(C)cc1C(=O)N(C)CC(F)(F)F. The van der Waals surface area contributed by atoms with Crippen molar-refractivity contribution in [3.8, 4) is 0 Å². The Balaban J connectivity index is 2.99. The first kappa shape index (κ1) is 14.3. The van der Waals surface area contributed by atoms with Gasteiger partial charge < -0.3 is 10.2 Å². The topological polar surface area (TPSA) is 32.3 Å². The summed E-state index contributed by atoms with van der Waals surface area (Å²) in [6, 6.07) is 5.03. The Morgan fingerprint density at radius 1 is 1.39 bits per heavy atom. The first-order valence-corrected chi connectivity index (χ1v) is 5.35. The number of hydrogen-bond acceptors (Lipinski definition) is 2. The molecule has 0 heterocycles. The first-order valence-electron chi connectivity index (χ1n) is 5.35. The van der Waals surface area contributed by atoms with Crippen molar-refractivity contribution in [3.63, 3.8) is 0 Å². The van der Waals surface area contributed by atoms with Crippen molar-refractivity contribution in [2.24, 2.45) is 0 Å². The Bertz CT molecular complexity index is 443. The molecule has 1 N–H and O–H groups in total. The zero-order valence-electron chi connectivity index (χ0n) is 10.4.